The van der Waals surface area contributed by atoms with Crippen molar-refractivity contribution in [3.05, 3.63) is 59.7 Å². The van der Waals surface area contributed by atoms with Gasteiger partial charge in [0.05, 0.1) is 29.1 Å². The maximum absolute atomic E-state index is 13.2. The van der Waals surface area contributed by atoms with E-state index in [-0.39, 0.29) is 34.3 Å². The molecule has 0 saturated carbocycles. The molecule has 4 aromatic heterocycles. The molecule has 12 heteroatoms. The molecule has 0 fully saturated rings. The normalized spacial score (nSPS) is 12.4. The quantitative estimate of drug-likeness (QED) is 0.334. The minimum atomic E-state index is -4.55. The monoisotopic (exact) mass is 495 g/mol. The molecular formula is C24H24F3N9. The Morgan fingerprint density at radius 2 is 1.97 bits per heavy atom. The van der Waals surface area contributed by atoms with Gasteiger partial charge in [-0.25, -0.2) is 19.9 Å². The molecule has 9 nitrogen and oxygen atoms in total. The number of anilines is 2. The third-order valence-corrected chi connectivity index (χ3v) is 5.73. The molecule has 0 aromatic carbocycles. The van der Waals surface area contributed by atoms with Crippen LogP contribution >= 0.6 is 0 Å². The molecule has 0 aliphatic carbocycles. The minimum Gasteiger partial charge on any atom is -0.358 e. The number of halogens is 3. The van der Waals surface area contributed by atoms with E-state index in [1.807, 2.05) is 44.1 Å². The van der Waals surface area contributed by atoms with E-state index in [9.17, 15) is 18.4 Å². The summed E-state index contributed by atoms with van der Waals surface area (Å²) < 4.78 is 39.7. The average molecular weight is 496 g/mol. The van der Waals surface area contributed by atoms with E-state index in [1.165, 1.54) is 12.4 Å². The molecule has 0 amide bonds. The van der Waals surface area contributed by atoms with Crippen molar-refractivity contribution in [2.75, 3.05) is 37.4 Å². The van der Waals surface area contributed by atoms with Crippen LogP contribution in [0, 0.1) is 11.3 Å². The van der Waals surface area contributed by atoms with Crippen LogP contribution in [0.5, 0.6) is 0 Å². The number of nitriles is 1. The number of H-pyrrole nitrogens is 1. The molecule has 1 atom stereocenters. The van der Waals surface area contributed by atoms with Gasteiger partial charge in [-0.05, 0) is 31.7 Å². The van der Waals surface area contributed by atoms with Gasteiger partial charge in [-0.15, -0.1) is 0 Å². The lowest BCUT2D eigenvalue weighted by Crippen LogP contribution is -2.27. The number of alkyl halides is 3. The molecule has 0 bridgehead atoms. The Labute approximate surface area is 205 Å². The summed E-state index contributed by atoms with van der Waals surface area (Å²) in [7, 11) is 3.86. The molecule has 1 unspecified atom stereocenters. The summed E-state index contributed by atoms with van der Waals surface area (Å²) in [6.07, 6.45) is 0.807. The molecule has 0 aliphatic heterocycles. The number of nitrogens with zero attached hydrogens (tertiary/aromatic N) is 6. The Hall–Kier alpha value is -4.24. The fraction of sp³-hybridized carbons (Fsp3) is 0.292. The molecule has 0 radical (unpaired) electrons. The largest absolute Gasteiger partial charge is 0.417 e. The van der Waals surface area contributed by atoms with E-state index in [1.54, 1.807) is 6.20 Å². The highest BCUT2D eigenvalue weighted by Crippen LogP contribution is 2.35. The molecule has 0 aliphatic rings. The van der Waals surface area contributed by atoms with Crippen molar-refractivity contribution in [2.24, 2.45) is 0 Å². The van der Waals surface area contributed by atoms with Gasteiger partial charge in [0, 0.05) is 49.7 Å². The Morgan fingerprint density at radius 1 is 1.17 bits per heavy atom. The molecular weight excluding hydrogens is 471 g/mol. The molecule has 0 saturated heterocycles. The van der Waals surface area contributed by atoms with Gasteiger partial charge in [0.2, 0.25) is 5.95 Å². The average Bonchev–Trinajstić information content (AvgIpc) is 3.30. The van der Waals surface area contributed by atoms with E-state index in [4.69, 9.17) is 0 Å². The highest BCUT2D eigenvalue weighted by Gasteiger charge is 2.31. The van der Waals surface area contributed by atoms with Crippen LogP contribution in [0.1, 0.15) is 29.7 Å². The van der Waals surface area contributed by atoms with E-state index >= 15 is 0 Å². The third-order valence-electron chi connectivity index (χ3n) is 5.73. The number of rotatable bonds is 8. The van der Waals surface area contributed by atoms with Gasteiger partial charge >= 0.3 is 6.18 Å². The first-order chi connectivity index (χ1) is 17.2. The van der Waals surface area contributed by atoms with Crippen LogP contribution in [0.3, 0.4) is 0 Å². The summed E-state index contributed by atoms with van der Waals surface area (Å²) in [6.45, 7) is 3.56. The van der Waals surface area contributed by atoms with Crippen molar-refractivity contribution in [1.82, 2.24) is 30.2 Å². The maximum atomic E-state index is 13.2. The molecule has 4 aromatic rings. The van der Waals surface area contributed by atoms with Gasteiger partial charge in [-0.2, -0.15) is 18.4 Å². The van der Waals surface area contributed by atoms with Crippen molar-refractivity contribution in [2.45, 2.75) is 19.1 Å². The van der Waals surface area contributed by atoms with Crippen molar-refractivity contribution in [1.29, 1.82) is 5.26 Å². The van der Waals surface area contributed by atoms with Crippen LogP contribution in [0.4, 0.5) is 24.9 Å². The van der Waals surface area contributed by atoms with Crippen molar-refractivity contribution >= 4 is 22.8 Å². The van der Waals surface area contributed by atoms with Crippen molar-refractivity contribution < 1.29 is 13.2 Å². The number of aromatic amines is 1. The fourth-order valence-electron chi connectivity index (χ4n) is 3.64. The van der Waals surface area contributed by atoms with Crippen LogP contribution in [0.2, 0.25) is 0 Å². The molecule has 4 rings (SSSR count). The number of hydrogen-bond acceptors (Lipinski definition) is 8. The summed E-state index contributed by atoms with van der Waals surface area (Å²) in [5.74, 6) is 1.06. The number of nitrogens with one attached hydrogen (secondary N) is 3. The van der Waals surface area contributed by atoms with Gasteiger partial charge in [0.1, 0.15) is 17.5 Å². The van der Waals surface area contributed by atoms with E-state index < -0.39 is 11.7 Å². The van der Waals surface area contributed by atoms with Crippen LogP contribution < -0.4 is 15.5 Å². The Bertz CT molecular complexity index is 1390. The van der Waals surface area contributed by atoms with Gasteiger partial charge in [0.15, 0.2) is 0 Å². The predicted molar refractivity (Wildman–Crippen MR) is 130 cm³/mol. The first-order valence-electron chi connectivity index (χ1n) is 11.1. The Morgan fingerprint density at radius 3 is 2.64 bits per heavy atom. The van der Waals surface area contributed by atoms with E-state index in [2.05, 4.69) is 35.6 Å². The lowest BCUT2D eigenvalue weighted by Gasteiger charge is -2.19. The summed E-state index contributed by atoms with van der Waals surface area (Å²) >= 11 is 0. The lowest BCUT2D eigenvalue weighted by atomic mass is 10.1. The molecule has 4 heterocycles. The third kappa shape index (κ3) is 5.21. The highest BCUT2D eigenvalue weighted by molar-refractivity contribution is 5.94. The SMILES string of the molecule is CNCCN(C)c1ccc(C(C)Nc2ncc(C#N)c(-c3c[nH]c4ncc(C(F)(F)F)cc34)n2)cn1. The topological polar surface area (TPSA) is 118 Å². The zero-order chi connectivity index (χ0) is 25.9. The number of pyridine rings is 2. The van der Waals surface area contributed by atoms with Crippen LogP contribution in [0.15, 0.2) is 43.0 Å². The standard InChI is InChI=1S/C24H24F3N9/c1-14(15-4-5-20(30-10-15)36(3)7-6-29-2)34-23-33-11-16(9-28)21(35-23)19-13-32-22-18(19)8-17(12-31-22)24(25,26)27/h4-5,8,10-14,29H,6-7H2,1-3H3,(H,31,32)(H,33,34,35). The van der Waals surface area contributed by atoms with Gasteiger partial charge in [-0.3, -0.25) is 0 Å². The number of hydrogen-bond donors (Lipinski definition) is 3. The van der Waals surface area contributed by atoms with Crippen LogP contribution in [-0.2, 0) is 6.18 Å². The molecule has 3 N–H and O–H groups in total. The Kier molecular flexibility index (Phi) is 7.03. The summed E-state index contributed by atoms with van der Waals surface area (Å²) in [6, 6.07) is 6.65. The molecule has 36 heavy (non-hydrogen) atoms. The first-order valence-corrected chi connectivity index (χ1v) is 11.1. The van der Waals surface area contributed by atoms with Gasteiger partial charge in [-0.1, -0.05) is 6.07 Å². The smallest absolute Gasteiger partial charge is 0.358 e. The van der Waals surface area contributed by atoms with Crippen LogP contribution in [0.25, 0.3) is 22.3 Å². The maximum Gasteiger partial charge on any atom is 0.417 e. The van der Waals surface area contributed by atoms with Crippen molar-refractivity contribution in [3.63, 3.8) is 0 Å². The zero-order valence-electron chi connectivity index (χ0n) is 19.9. The number of aromatic nitrogens is 5. The predicted octanol–water partition coefficient (Wildman–Crippen LogP) is 4.13. The van der Waals surface area contributed by atoms with Crippen LogP contribution in [-0.4, -0.2) is 52.1 Å². The van der Waals surface area contributed by atoms with Gasteiger partial charge in [0.25, 0.3) is 0 Å². The van der Waals surface area contributed by atoms with E-state index in [0.29, 0.717) is 5.56 Å². The molecule has 0 spiro atoms. The zero-order valence-corrected chi connectivity index (χ0v) is 19.9. The lowest BCUT2D eigenvalue weighted by molar-refractivity contribution is -0.137. The second-order valence-electron chi connectivity index (χ2n) is 8.23. The first kappa shape index (κ1) is 24.9. The van der Waals surface area contributed by atoms with E-state index in [0.717, 1.165) is 36.7 Å². The summed E-state index contributed by atoms with van der Waals surface area (Å²) in [5, 5.41) is 16.1. The molecule has 186 valence electrons. The highest BCUT2D eigenvalue weighted by atomic mass is 19.4. The Balaban J connectivity index is 1.61. The second kappa shape index (κ2) is 10.2. The van der Waals surface area contributed by atoms with Crippen molar-refractivity contribution in [3.8, 4) is 17.3 Å². The summed E-state index contributed by atoms with van der Waals surface area (Å²) in [5.41, 5.74) is 0.920. The second-order valence-corrected chi connectivity index (χ2v) is 8.23. The number of fused-ring (bicyclic) bond motifs is 1. The summed E-state index contributed by atoms with van der Waals surface area (Å²) in [4.78, 5) is 21.9. The fourth-order valence-corrected chi connectivity index (χ4v) is 3.64. The minimum absolute atomic E-state index is 0.127. The number of likely N-dealkylation sites (N-methyl/N-ethyl adjacent to an activating group) is 2. The van der Waals surface area contributed by atoms with Gasteiger partial charge < -0.3 is 20.5 Å².